The maximum atomic E-state index is 12.7. The van der Waals surface area contributed by atoms with Gasteiger partial charge in [0.25, 0.3) is 5.91 Å². The smallest absolute Gasteiger partial charge is 0.324 e. The van der Waals surface area contributed by atoms with Gasteiger partial charge in [-0.1, -0.05) is 6.07 Å². The number of aromatic nitrogens is 4. The van der Waals surface area contributed by atoms with Gasteiger partial charge in [0.15, 0.2) is 11.4 Å². The number of benzene rings is 1. The van der Waals surface area contributed by atoms with Gasteiger partial charge in [-0.15, -0.1) is 0 Å². The van der Waals surface area contributed by atoms with Gasteiger partial charge in [0.05, 0.1) is 0 Å². The summed E-state index contributed by atoms with van der Waals surface area (Å²) in [6.07, 6.45) is -2.94. The van der Waals surface area contributed by atoms with Crippen LogP contribution < -0.4 is 10.6 Å². The molecule has 0 aliphatic rings. The van der Waals surface area contributed by atoms with Gasteiger partial charge in [0.2, 0.25) is 5.91 Å². The Hall–Kier alpha value is -3.63. The van der Waals surface area contributed by atoms with Crippen LogP contribution in [-0.4, -0.2) is 31.4 Å². The highest BCUT2D eigenvalue weighted by Gasteiger charge is 2.34. The minimum Gasteiger partial charge on any atom is -0.324 e. The van der Waals surface area contributed by atoms with Gasteiger partial charge in [-0.25, -0.2) is 0 Å². The fourth-order valence-electron chi connectivity index (χ4n) is 2.55. The third kappa shape index (κ3) is 5.00. The summed E-state index contributed by atoms with van der Waals surface area (Å²) in [4.78, 5) is 24.3. The maximum absolute atomic E-state index is 12.7. The van der Waals surface area contributed by atoms with Crippen molar-refractivity contribution in [1.82, 2.24) is 19.6 Å². The van der Waals surface area contributed by atoms with Crippen molar-refractivity contribution in [3.63, 3.8) is 0 Å². The Kier molecular flexibility index (Phi) is 5.39. The predicted molar refractivity (Wildman–Crippen MR) is 98.2 cm³/mol. The molecule has 0 saturated heterocycles. The van der Waals surface area contributed by atoms with Crippen molar-refractivity contribution < 1.29 is 22.8 Å². The molecule has 1 aromatic carbocycles. The fourth-order valence-corrected chi connectivity index (χ4v) is 2.55. The molecule has 2 N–H and O–H groups in total. The van der Waals surface area contributed by atoms with Gasteiger partial charge >= 0.3 is 6.18 Å². The number of nitrogens with one attached hydrogen (secondary N) is 2. The van der Waals surface area contributed by atoms with Crippen LogP contribution in [0.4, 0.5) is 24.5 Å². The molecule has 0 aliphatic heterocycles. The summed E-state index contributed by atoms with van der Waals surface area (Å²) in [7, 11) is 1.69. The number of halogens is 3. The zero-order valence-electron chi connectivity index (χ0n) is 15.5. The van der Waals surface area contributed by atoms with Crippen molar-refractivity contribution in [2.45, 2.75) is 19.6 Å². The summed E-state index contributed by atoms with van der Waals surface area (Å²) in [6, 6.07) is 8.79. The highest BCUT2D eigenvalue weighted by atomic mass is 19.4. The highest BCUT2D eigenvalue weighted by molar-refractivity contribution is 6.03. The van der Waals surface area contributed by atoms with Gasteiger partial charge in [0.1, 0.15) is 6.54 Å². The first-order valence-corrected chi connectivity index (χ1v) is 8.44. The Morgan fingerprint density at radius 1 is 1.07 bits per heavy atom. The van der Waals surface area contributed by atoms with E-state index in [-0.39, 0.29) is 17.9 Å². The summed E-state index contributed by atoms with van der Waals surface area (Å²) in [5.41, 5.74) is 0.185. The van der Waals surface area contributed by atoms with Crippen molar-refractivity contribution in [3.05, 3.63) is 59.7 Å². The lowest BCUT2D eigenvalue weighted by Crippen LogP contribution is -2.21. The third-order valence-electron chi connectivity index (χ3n) is 3.92. The molecule has 152 valence electrons. The molecule has 0 spiro atoms. The van der Waals surface area contributed by atoms with Crippen LogP contribution in [0, 0.1) is 6.92 Å². The number of aryl methyl sites for hydroxylation is 2. The van der Waals surface area contributed by atoms with E-state index in [0.717, 1.165) is 10.7 Å². The molecular formula is C18H17F3N6O2. The van der Waals surface area contributed by atoms with Crippen LogP contribution in [0.3, 0.4) is 0 Å². The van der Waals surface area contributed by atoms with E-state index in [1.807, 2.05) is 0 Å². The van der Waals surface area contributed by atoms with Crippen LogP contribution >= 0.6 is 0 Å². The molecule has 2 aromatic heterocycles. The molecule has 0 unspecified atom stereocenters. The Morgan fingerprint density at radius 2 is 1.76 bits per heavy atom. The van der Waals surface area contributed by atoms with Crippen molar-refractivity contribution in [2.75, 3.05) is 10.6 Å². The molecule has 2 amide bonds. The molecule has 11 heteroatoms. The largest absolute Gasteiger partial charge is 0.435 e. The standard InChI is InChI=1S/C18H17F3N6O2/c1-11-8-15(18(19,20)21)25-27(11)10-16(28)22-12-4-3-5-13(9-12)23-17(29)14-6-7-26(2)24-14/h3-9H,10H2,1-2H3,(H,22,28)(H,23,29). The summed E-state index contributed by atoms with van der Waals surface area (Å²) in [6.45, 7) is 1.05. The molecule has 0 aliphatic carbocycles. The number of anilines is 2. The molecule has 8 nitrogen and oxygen atoms in total. The Balaban J connectivity index is 1.65. The molecule has 3 aromatic rings. The summed E-state index contributed by atoms with van der Waals surface area (Å²) < 4.78 is 40.6. The van der Waals surface area contributed by atoms with Gasteiger partial charge in [-0.3, -0.25) is 19.0 Å². The van der Waals surface area contributed by atoms with E-state index < -0.39 is 23.7 Å². The second kappa shape index (κ2) is 7.78. The van der Waals surface area contributed by atoms with Gasteiger partial charge in [0, 0.05) is 30.3 Å². The number of nitrogens with zero attached hydrogens (tertiary/aromatic N) is 4. The second-order valence-electron chi connectivity index (χ2n) is 6.28. The first kappa shape index (κ1) is 20.1. The number of rotatable bonds is 5. The molecule has 0 radical (unpaired) electrons. The van der Waals surface area contributed by atoms with Crippen LogP contribution in [0.2, 0.25) is 0 Å². The number of carbonyl (C=O) groups excluding carboxylic acids is 2. The quantitative estimate of drug-likeness (QED) is 0.681. The lowest BCUT2D eigenvalue weighted by Gasteiger charge is -2.09. The molecule has 3 rings (SSSR count). The lowest BCUT2D eigenvalue weighted by atomic mass is 10.2. The van der Waals surface area contributed by atoms with Gasteiger partial charge < -0.3 is 10.6 Å². The van der Waals surface area contributed by atoms with Crippen LogP contribution in [0.25, 0.3) is 0 Å². The molecule has 0 fully saturated rings. The number of carbonyl (C=O) groups is 2. The molecule has 29 heavy (non-hydrogen) atoms. The average Bonchev–Trinajstić information content (AvgIpc) is 3.21. The van der Waals surface area contributed by atoms with E-state index in [0.29, 0.717) is 11.4 Å². The van der Waals surface area contributed by atoms with Crippen molar-refractivity contribution in [3.8, 4) is 0 Å². The van der Waals surface area contributed by atoms with E-state index >= 15 is 0 Å². The third-order valence-corrected chi connectivity index (χ3v) is 3.92. The average molecular weight is 406 g/mol. The Bertz CT molecular complexity index is 1050. The molecule has 2 heterocycles. The number of alkyl halides is 3. The predicted octanol–water partition coefficient (Wildman–Crippen LogP) is 2.83. The minimum atomic E-state index is -4.58. The molecule has 0 saturated carbocycles. The number of hydrogen-bond donors (Lipinski definition) is 2. The number of amides is 2. The van der Waals surface area contributed by atoms with E-state index in [1.165, 1.54) is 17.7 Å². The first-order chi connectivity index (χ1) is 13.6. The SMILES string of the molecule is Cc1cc(C(F)(F)F)nn1CC(=O)Nc1cccc(NC(=O)c2ccn(C)n2)c1. The van der Waals surface area contributed by atoms with E-state index in [4.69, 9.17) is 0 Å². The first-order valence-electron chi connectivity index (χ1n) is 8.44. The summed E-state index contributed by atoms with van der Waals surface area (Å²) in [5.74, 6) is -0.973. The van der Waals surface area contributed by atoms with Crippen molar-refractivity contribution in [2.24, 2.45) is 7.05 Å². The van der Waals surface area contributed by atoms with Crippen LogP contribution in [0.15, 0.2) is 42.6 Å². The van der Waals surface area contributed by atoms with Crippen molar-refractivity contribution in [1.29, 1.82) is 0 Å². The fraction of sp³-hybridized carbons (Fsp3) is 0.222. The highest BCUT2D eigenvalue weighted by Crippen LogP contribution is 2.28. The summed E-state index contributed by atoms with van der Waals surface area (Å²) >= 11 is 0. The van der Waals surface area contributed by atoms with E-state index in [9.17, 15) is 22.8 Å². The second-order valence-corrected chi connectivity index (χ2v) is 6.28. The summed E-state index contributed by atoms with van der Waals surface area (Å²) in [5, 5.41) is 12.6. The Morgan fingerprint density at radius 3 is 2.34 bits per heavy atom. The minimum absolute atomic E-state index is 0.212. The van der Waals surface area contributed by atoms with Crippen LogP contribution in [-0.2, 0) is 24.6 Å². The van der Waals surface area contributed by atoms with Gasteiger partial charge in [-0.2, -0.15) is 23.4 Å². The zero-order valence-corrected chi connectivity index (χ0v) is 15.5. The number of hydrogen-bond acceptors (Lipinski definition) is 4. The molecule has 0 bridgehead atoms. The lowest BCUT2D eigenvalue weighted by molar-refractivity contribution is -0.141. The Labute approximate surface area is 163 Å². The van der Waals surface area contributed by atoms with Gasteiger partial charge in [-0.05, 0) is 37.3 Å². The normalized spacial score (nSPS) is 11.3. The molecular weight excluding hydrogens is 389 g/mol. The maximum Gasteiger partial charge on any atom is 0.435 e. The molecule has 0 atom stereocenters. The van der Waals surface area contributed by atoms with E-state index in [1.54, 1.807) is 37.5 Å². The zero-order chi connectivity index (χ0) is 21.2. The van der Waals surface area contributed by atoms with E-state index in [2.05, 4.69) is 20.8 Å². The van der Waals surface area contributed by atoms with Crippen LogP contribution in [0.5, 0.6) is 0 Å². The van der Waals surface area contributed by atoms with Crippen LogP contribution in [0.1, 0.15) is 21.9 Å². The van der Waals surface area contributed by atoms with Crippen molar-refractivity contribution >= 4 is 23.2 Å². The topological polar surface area (TPSA) is 93.8 Å². The monoisotopic (exact) mass is 406 g/mol.